The zero-order chi connectivity index (χ0) is 14.4. The largest absolute Gasteiger partial charge is 0.497 e. The predicted molar refractivity (Wildman–Crippen MR) is 76.5 cm³/mol. The maximum atomic E-state index is 13.8. The maximum absolute atomic E-state index is 13.8. The Morgan fingerprint density at radius 1 is 1.15 bits per heavy atom. The van der Waals surface area contributed by atoms with E-state index in [9.17, 15) is 4.39 Å². The van der Waals surface area contributed by atoms with E-state index in [4.69, 9.17) is 15.2 Å². The van der Waals surface area contributed by atoms with Crippen molar-refractivity contribution in [1.29, 1.82) is 0 Å². The highest BCUT2D eigenvalue weighted by Gasteiger charge is 2.09. The van der Waals surface area contributed by atoms with Crippen LogP contribution in [0.2, 0.25) is 0 Å². The van der Waals surface area contributed by atoms with Gasteiger partial charge in [0.25, 0.3) is 0 Å². The van der Waals surface area contributed by atoms with Gasteiger partial charge in [0.05, 0.1) is 7.11 Å². The molecule has 2 aromatic carbocycles. The lowest BCUT2D eigenvalue weighted by Gasteiger charge is -2.12. The topological polar surface area (TPSA) is 44.5 Å². The van der Waals surface area contributed by atoms with E-state index < -0.39 is 0 Å². The molecule has 2 N–H and O–H groups in total. The Bertz CT molecular complexity index is 572. The second-order valence-corrected chi connectivity index (χ2v) is 4.41. The van der Waals surface area contributed by atoms with Gasteiger partial charge in [0, 0.05) is 0 Å². The molecule has 20 heavy (non-hydrogen) atoms. The average Bonchev–Trinajstić information content (AvgIpc) is 2.47. The van der Waals surface area contributed by atoms with Crippen LogP contribution in [-0.4, -0.2) is 13.7 Å². The van der Waals surface area contributed by atoms with Gasteiger partial charge in [-0.05, 0) is 42.3 Å². The number of para-hydroxylation sites is 1. The molecule has 0 saturated heterocycles. The molecule has 0 unspecified atom stereocenters. The molecule has 0 fully saturated rings. The smallest absolute Gasteiger partial charge is 0.165 e. The van der Waals surface area contributed by atoms with E-state index in [0.29, 0.717) is 13.0 Å². The van der Waals surface area contributed by atoms with Crippen LogP contribution in [-0.2, 0) is 13.0 Å². The van der Waals surface area contributed by atoms with E-state index in [0.717, 1.165) is 16.9 Å². The summed E-state index contributed by atoms with van der Waals surface area (Å²) >= 11 is 0. The Balaban J connectivity index is 2.13. The van der Waals surface area contributed by atoms with Crippen molar-refractivity contribution in [2.45, 2.75) is 13.0 Å². The number of rotatable bonds is 6. The standard InChI is InChI=1S/C16H18FNO2/c1-19-14-6-2-4-12(10-14)11-20-16-13(8-9-18)5-3-7-15(16)17/h2-7,10H,8-9,11,18H2,1H3. The van der Waals surface area contributed by atoms with Crippen molar-refractivity contribution in [1.82, 2.24) is 0 Å². The monoisotopic (exact) mass is 275 g/mol. The van der Waals surface area contributed by atoms with Crippen LogP contribution in [0.5, 0.6) is 11.5 Å². The van der Waals surface area contributed by atoms with Crippen LogP contribution < -0.4 is 15.2 Å². The van der Waals surface area contributed by atoms with Gasteiger partial charge in [0.1, 0.15) is 12.4 Å². The van der Waals surface area contributed by atoms with Gasteiger partial charge in [0.15, 0.2) is 11.6 Å². The summed E-state index contributed by atoms with van der Waals surface area (Å²) in [5.74, 6) is 0.668. The van der Waals surface area contributed by atoms with Crippen molar-refractivity contribution in [3.63, 3.8) is 0 Å². The Kier molecular flexibility index (Phi) is 4.96. The van der Waals surface area contributed by atoms with E-state index in [-0.39, 0.29) is 18.2 Å². The number of nitrogens with two attached hydrogens (primary N) is 1. The van der Waals surface area contributed by atoms with Gasteiger partial charge in [-0.1, -0.05) is 24.3 Å². The molecule has 2 aromatic rings. The summed E-state index contributed by atoms with van der Waals surface area (Å²) in [5.41, 5.74) is 7.24. The molecule has 0 atom stereocenters. The molecule has 0 bridgehead atoms. The zero-order valence-corrected chi connectivity index (χ0v) is 11.4. The van der Waals surface area contributed by atoms with Crippen LogP contribution in [0.3, 0.4) is 0 Å². The van der Waals surface area contributed by atoms with Gasteiger partial charge in [-0.2, -0.15) is 0 Å². The molecule has 0 aliphatic rings. The number of hydrogen-bond acceptors (Lipinski definition) is 3. The van der Waals surface area contributed by atoms with E-state index in [1.807, 2.05) is 30.3 Å². The van der Waals surface area contributed by atoms with Crippen LogP contribution in [0.1, 0.15) is 11.1 Å². The lowest BCUT2D eigenvalue weighted by atomic mass is 10.1. The van der Waals surface area contributed by atoms with Crippen LogP contribution in [0.25, 0.3) is 0 Å². The van der Waals surface area contributed by atoms with Crippen LogP contribution in [0.15, 0.2) is 42.5 Å². The highest BCUT2D eigenvalue weighted by Crippen LogP contribution is 2.24. The lowest BCUT2D eigenvalue weighted by molar-refractivity contribution is 0.286. The number of benzene rings is 2. The number of hydrogen-bond donors (Lipinski definition) is 1. The molecule has 4 heteroatoms. The molecular weight excluding hydrogens is 257 g/mol. The number of halogens is 1. The van der Waals surface area contributed by atoms with Gasteiger partial charge < -0.3 is 15.2 Å². The van der Waals surface area contributed by atoms with E-state index in [1.54, 1.807) is 13.2 Å². The Morgan fingerprint density at radius 3 is 2.70 bits per heavy atom. The van der Waals surface area contributed by atoms with E-state index in [1.165, 1.54) is 6.07 Å². The van der Waals surface area contributed by atoms with Crippen molar-refractivity contribution in [3.8, 4) is 11.5 Å². The normalized spacial score (nSPS) is 10.3. The van der Waals surface area contributed by atoms with Gasteiger partial charge in [-0.15, -0.1) is 0 Å². The lowest BCUT2D eigenvalue weighted by Crippen LogP contribution is -2.06. The number of ether oxygens (including phenoxy) is 2. The maximum Gasteiger partial charge on any atom is 0.165 e. The fourth-order valence-electron chi connectivity index (χ4n) is 1.99. The highest BCUT2D eigenvalue weighted by molar-refractivity contribution is 5.36. The molecule has 0 aliphatic heterocycles. The van der Waals surface area contributed by atoms with E-state index in [2.05, 4.69) is 0 Å². The van der Waals surface area contributed by atoms with Crippen LogP contribution in [0.4, 0.5) is 4.39 Å². The van der Waals surface area contributed by atoms with Crippen LogP contribution >= 0.6 is 0 Å². The van der Waals surface area contributed by atoms with Crippen LogP contribution in [0, 0.1) is 5.82 Å². The quantitative estimate of drug-likeness (QED) is 0.881. The second kappa shape index (κ2) is 6.91. The molecule has 0 aromatic heterocycles. The molecule has 0 amide bonds. The SMILES string of the molecule is COc1cccc(COc2c(F)cccc2CCN)c1. The van der Waals surface area contributed by atoms with Crippen molar-refractivity contribution in [3.05, 3.63) is 59.4 Å². The molecular formula is C16H18FNO2. The molecule has 0 saturated carbocycles. The second-order valence-electron chi connectivity index (χ2n) is 4.41. The molecule has 0 spiro atoms. The first kappa shape index (κ1) is 14.3. The summed E-state index contributed by atoms with van der Waals surface area (Å²) in [6.45, 7) is 0.745. The third-order valence-corrected chi connectivity index (χ3v) is 2.98. The fourth-order valence-corrected chi connectivity index (χ4v) is 1.99. The Morgan fingerprint density at radius 2 is 1.95 bits per heavy atom. The van der Waals surface area contributed by atoms with Gasteiger partial charge >= 0.3 is 0 Å². The molecule has 0 heterocycles. The Hall–Kier alpha value is -2.07. The van der Waals surface area contributed by atoms with Crippen molar-refractivity contribution in [2.24, 2.45) is 5.73 Å². The summed E-state index contributed by atoms with van der Waals surface area (Å²) in [6, 6.07) is 12.4. The average molecular weight is 275 g/mol. The highest BCUT2D eigenvalue weighted by atomic mass is 19.1. The molecule has 0 aliphatic carbocycles. The molecule has 0 radical (unpaired) electrons. The van der Waals surface area contributed by atoms with Crippen molar-refractivity contribution < 1.29 is 13.9 Å². The van der Waals surface area contributed by atoms with E-state index >= 15 is 0 Å². The Labute approximate surface area is 118 Å². The predicted octanol–water partition coefficient (Wildman–Crippen LogP) is 2.91. The minimum atomic E-state index is -0.362. The summed E-state index contributed by atoms with van der Waals surface area (Å²) in [7, 11) is 1.61. The van der Waals surface area contributed by atoms with Crippen molar-refractivity contribution in [2.75, 3.05) is 13.7 Å². The summed E-state index contributed by atoms with van der Waals surface area (Å²) in [6.07, 6.45) is 0.588. The molecule has 106 valence electrons. The minimum absolute atomic E-state index is 0.278. The summed E-state index contributed by atoms with van der Waals surface area (Å²) < 4.78 is 24.6. The third-order valence-electron chi connectivity index (χ3n) is 2.98. The molecule has 3 nitrogen and oxygen atoms in total. The fraction of sp³-hybridized carbons (Fsp3) is 0.250. The third kappa shape index (κ3) is 3.48. The first-order valence-corrected chi connectivity index (χ1v) is 6.47. The van der Waals surface area contributed by atoms with Gasteiger partial charge in [0.2, 0.25) is 0 Å². The van der Waals surface area contributed by atoms with Gasteiger partial charge in [-0.3, -0.25) is 0 Å². The van der Waals surface area contributed by atoms with Gasteiger partial charge in [-0.25, -0.2) is 4.39 Å². The first-order chi connectivity index (χ1) is 9.74. The molecule has 2 rings (SSSR count). The first-order valence-electron chi connectivity index (χ1n) is 6.47. The summed E-state index contributed by atoms with van der Waals surface area (Å²) in [4.78, 5) is 0. The zero-order valence-electron chi connectivity index (χ0n) is 11.4. The summed E-state index contributed by atoms with van der Waals surface area (Å²) in [5, 5.41) is 0. The van der Waals surface area contributed by atoms with Crippen molar-refractivity contribution >= 4 is 0 Å². The number of methoxy groups -OCH3 is 1. The minimum Gasteiger partial charge on any atom is -0.497 e.